The van der Waals surface area contributed by atoms with Crippen LogP contribution in [0.4, 0.5) is 13.2 Å². The molecule has 1 saturated heterocycles. The maximum absolute atomic E-state index is 12.9. The van der Waals surface area contributed by atoms with Gasteiger partial charge in [-0.1, -0.05) is 24.3 Å². The number of benzene rings is 1. The van der Waals surface area contributed by atoms with Crippen molar-refractivity contribution in [3.8, 4) is 11.3 Å². The molecule has 2 aromatic heterocycles. The van der Waals surface area contributed by atoms with Crippen LogP contribution in [0.5, 0.6) is 0 Å². The fraction of sp³-hybridized carbons (Fsp3) is 0.381. The fourth-order valence-electron chi connectivity index (χ4n) is 3.65. The first-order chi connectivity index (χ1) is 15.0. The van der Waals surface area contributed by atoms with Crippen LogP contribution in [0.3, 0.4) is 0 Å². The van der Waals surface area contributed by atoms with Gasteiger partial charge in [-0.2, -0.15) is 22.7 Å². The highest BCUT2D eigenvalue weighted by Crippen LogP contribution is 2.32. The molecule has 1 amide bonds. The van der Waals surface area contributed by atoms with E-state index in [4.69, 9.17) is 4.74 Å². The third kappa shape index (κ3) is 4.56. The predicted octanol–water partition coefficient (Wildman–Crippen LogP) is 3.16. The fourth-order valence-corrected chi connectivity index (χ4v) is 3.65. The van der Waals surface area contributed by atoms with Crippen molar-refractivity contribution in [2.75, 3.05) is 0 Å². The van der Waals surface area contributed by atoms with Gasteiger partial charge in [0.15, 0.2) is 0 Å². The topological polar surface area (TPSA) is 98.5 Å². The van der Waals surface area contributed by atoms with E-state index < -0.39 is 23.5 Å². The minimum Gasteiger partial charge on any atom is -0.459 e. The largest absolute Gasteiger partial charge is 0.459 e. The third-order valence-corrected chi connectivity index (χ3v) is 5.11. The normalized spacial score (nSPS) is 18.0. The second-order valence-corrected chi connectivity index (χ2v) is 8.23. The van der Waals surface area contributed by atoms with Crippen molar-refractivity contribution < 1.29 is 27.5 Å². The quantitative estimate of drug-likeness (QED) is 0.604. The van der Waals surface area contributed by atoms with Crippen molar-refractivity contribution in [1.29, 1.82) is 0 Å². The lowest BCUT2D eigenvalue weighted by Crippen LogP contribution is -2.26. The molecule has 1 N–H and O–H groups in total. The van der Waals surface area contributed by atoms with Crippen LogP contribution in [0.1, 0.15) is 38.1 Å². The summed E-state index contributed by atoms with van der Waals surface area (Å²) in [6, 6.07) is 8.46. The number of aromatic nitrogens is 4. The molecule has 1 atom stereocenters. The van der Waals surface area contributed by atoms with E-state index in [0.29, 0.717) is 17.7 Å². The Hall–Kier alpha value is -3.50. The zero-order chi connectivity index (χ0) is 23.1. The second kappa shape index (κ2) is 7.88. The van der Waals surface area contributed by atoms with Gasteiger partial charge in [-0.05, 0) is 25.5 Å². The maximum atomic E-state index is 12.9. The summed E-state index contributed by atoms with van der Waals surface area (Å²) in [5, 5.41) is 6.30. The Labute approximate surface area is 180 Å². The van der Waals surface area contributed by atoms with Crippen LogP contribution in [0.15, 0.2) is 36.5 Å². The van der Waals surface area contributed by atoms with Gasteiger partial charge < -0.3 is 10.1 Å². The zero-order valence-electron chi connectivity index (χ0n) is 17.3. The molecule has 1 aliphatic heterocycles. The van der Waals surface area contributed by atoms with Gasteiger partial charge in [-0.25, -0.2) is 4.98 Å². The molecule has 0 radical (unpaired) electrons. The average Bonchev–Trinajstić information content (AvgIpc) is 3.26. The number of nitrogens with one attached hydrogen (secondary N) is 1. The molecule has 1 aliphatic rings. The van der Waals surface area contributed by atoms with Gasteiger partial charge in [0.1, 0.15) is 5.60 Å². The molecule has 0 saturated carbocycles. The van der Waals surface area contributed by atoms with Crippen LogP contribution in [0, 0.1) is 5.92 Å². The molecule has 0 aliphatic carbocycles. The SMILES string of the molecule is CC1(C)C[C@@H](CC(=O)NCc2ccc(-c3ccnc4nc(C(F)(F)F)nn34)cc2)C(=O)O1. The van der Waals surface area contributed by atoms with Crippen LogP contribution in [0.2, 0.25) is 0 Å². The predicted molar refractivity (Wildman–Crippen MR) is 106 cm³/mol. The molecular weight excluding hydrogens is 427 g/mol. The van der Waals surface area contributed by atoms with Crippen LogP contribution < -0.4 is 5.32 Å². The highest BCUT2D eigenvalue weighted by molar-refractivity contribution is 5.84. The molecule has 11 heteroatoms. The first-order valence-electron chi connectivity index (χ1n) is 9.90. The van der Waals surface area contributed by atoms with Crippen molar-refractivity contribution in [3.63, 3.8) is 0 Å². The number of carbonyl (C=O) groups is 2. The molecule has 168 valence electrons. The molecule has 8 nitrogen and oxygen atoms in total. The van der Waals surface area contributed by atoms with Gasteiger partial charge in [-0.3, -0.25) is 9.59 Å². The van der Waals surface area contributed by atoms with E-state index in [9.17, 15) is 22.8 Å². The number of fused-ring (bicyclic) bond motifs is 1. The van der Waals surface area contributed by atoms with Gasteiger partial charge >= 0.3 is 12.1 Å². The summed E-state index contributed by atoms with van der Waals surface area (Å²) in [4.78, 5) is 31.3. The second-order valence-electron chi connectivity index (χ2n) is 8.23. The maximum Gasteiger partial charge on any atom is 0.453 e. The summed E-state index contributed by atoms with van der Waals surface area (Å²) in [6.45, 7) is 3.87. The number of rotatable bonds is 5. The van der Waals surface area contributed by atoms with E-state index in [1.54, 1.807) is 30.3 Å². The summed E-state index contributed by atoms with van der Waals surface area (Å²) in [7, 11) is 0. The highest BCUT2D eigenvalue weighted by Gasteiger charge is 2.40. The third-order valence-electron chi connectivity index (χ3n) is 5.11. The van der Waals surface area contributed by atoms with E-state index in [1.165, 1.54) is 6.20 Å². The van der Waals surface area contributed by atoms with Crippen LogP contribution in [-0.2, 0) is 27.0 Å². The van der Waals surface area contributed by atoms with Crippen LogP contribution >= 0.6 is 0 Å². The molecule has 4 rings (SSSR count). The molecule has 1 fully saturated rings. The number of cyclic esters (lactones) is 1. The van der Waals surface area contributed by atoms with Gasteiger partial charge in [-0.15, -0.1) is 5.10 Å². The van der Waals surface area contributed by atoms with Gasteiger partial charge in [0, 0.05) is 31.1 Å². The highest BCUT2D eigenvalue weighted by atomic mass is 19.4. The monoisotopic (exact) mass is 447 g/mol. The number of alkyl halides is 3. The molecule has 1 aromatic carbocycles. The van der Waals surface area contributed by atoms with Crippen molar-refractivity contribution >= 4 is 17.7 Å². The van der Waals surface area contributed by atoms with Crippen molar-refractivity contribution in [2.45, 2.75) is 45.0 Å². The van der Waals surface area contributed by atoms with Gasteiger partial charge in [0.05, 0.1) is 11.6 Å². The minimum absolute atomic E-state index is 0.0587. The number of halogens is 3. The summed E-state index contributed by atoms with van der Waals surface area (Å²) < 4.78 is 45.0. The Morgan fingerprint density at radius 3 is 2.59 bits per heavy atom. The Kier molecular flexibility index (Phi) is 5.35. The lowest BCUT2D eigenvalue weighted by Gasteiger charge is -2.14. The van der Waals surface area contributed by atoms with E-state index in [0.717, 1.165) is 10.1 Å². The van der Waals surface area contributed by atoms with E-state index in [1.807, 2.05) is 13.8 Å². The van der Waals surface area contributed by atoms with Gasteiger partial charge in [0.25, 0.3) is 11.6 Å². The lowest BCUT2D eigenvalue weighted by molar-refractivity contribution is -0.149. The van der Waals surface area contributed by atoms with Gasteiger partial charge in [0.2, 0.25) is 5.91 Å². The molecule has 3 heterocycles. The van der Waals surface area contributed by atoms with E-state index >= 15 is 0 Å². The van der Waals surface area contributed by atoms with Crippen LogP contribution in [0.25, 0.3) is 17.0 Å². The standard InChI is InChI=1S/C21H20F3N5O3/c1-20(2)10-14(17(31)32-20)9-16(30)26-11-12-3-5-13(6-4-12)15-7-8-25-19-27-18(21(22,23)24)28-29(15)19/h3-8,14H,9-11H2,1-2H3,(H,26,30)/t14-/m1/s1. The molecule has 0 spiro atoms. The lowest BCUT2D eigenvalue weighted by atomic mass is 9.94. The Balaban J connectivity index is 1.42. The molecule has 0 unspecified atom stereocenters. The number of amides is 1. The average molecular weight is 447 g/mol. The van der Waals surface area contributed by atoms with E-state index in [2.05, 4.69) is 20.4 Å². The zero-order valence-corrected chi connectivity index (χ0v) is 17.3. The van der Waals surface area contributed by atoms with Crippen molar-refractivity contribution in [3.05, 3.63) is 47.9 Å². The van der Waals surface area contributed by atoms with E-state index in [-0.39, 0.29) is 30.6 Å². The number of esters is 1. The Bertz CT molecular complexity index is 1170. The molecule has 0 bridgehead atoms. The summed E-state index contributed by atoms with van der Waals surface area (Å²) >= 11 is 0. The first-order valence-corrected chi connectivity index (χ1v) is 9.90. The Morgan fingerprint density at radius 1 is 1.25 bits per heavy atom. The number of hydrogen-bond acceptors (Lipinski definition) is 6. The summed E-state index contributed by atoms with van der Waals surface area (Å²) in [5.74, 6) is -2.48. The number of nitrogens with zero attached hydrogens (tertiary/aromatic N) is 4. The summed E-state index contributed by atoms with van der Waals surface area (Å²) in [6.07, 6.45) is -2.75. The Morgan fingerprint density at radius 2 is 1.97 bits per heavy atom. The molecular formula is C21H20F3N5O3. The van der Waals surface area contributed by atoms with Crippen molar-refractivity contribution in [1.82, 2.24) is 24.9 Å². The van der Waals surface area contributed by atoms with Crippen molar-refractivity contribution in [2.24, 2.45) is 5.92 Å². The number of hydrogen-bond donors (Lipinski definition) is 1. The molecule has 32 heavy (non-hydrogen) atoms. The number of carbonyl (C=O) groups excluding carboxylic acids is 2. The minimum atomic E-state index is -4.67. The smallest absolute Gasteiger partial charge is 0.453 e. The number of ether oxygens (including phenoxy) is 1. The summed E-state index contributed by atoms with van der Waals surface area (Å²) in [5.41, 5.74) is 1.25. The molecule has 3 aromatic rings. The van der Waals surface area contributed by atoms with Crippen LogP contribution in [-0.4, -0.2) is 37.1 Å². The first kappa shape index (κ1) is 21.7.